The smallest absolute Gasteiger partial charge is 0.125 e. The number of ether oxygens (including phenoxy) is 1. The van der Waals surface area contributed by atoms with Crippen LogP contribution in [0.3, 0.4) is 0 Å². The summed E-state index contributed by atoms with van der Waals surface area (Å²) in [6, 6.07) is 0. The highest BCUT2D eigenvalue weighted by atomic mass is 16.5. The fraction of sp³-hybridized carbons (Fsp3) is 0.556. The van der Waals surface area contributed by atoms with Crippen LogP contribution in [0.25, 0.3) is 0 Å². The van der Waals surface area contributed by atoms with Crippen molar-refractivity contribution in [3.05, 3.63) is 47.5 Å². The van der Waals surface area contributed by atoms with E-state index in [1.54, 1.807) is 6.08 Å². The molecular weight excluding hydrogens is 248 g/mol. The van der Waals surface area contributed by atoms with Crippen LogP contribution in [0.5, 0.6) is 0 Å². The number of rotatable bonds is 3. The van der Waals surface area contributed by atoms with Crippen LogP contribution in [-0.2, 0) is 4.74 Å². The molecule has 0 radical (unpaired) electrons. The van der Waals surface area contributed by atoms with Gasteiger partial charge in [-0.3, -0.25) is 0 Å². The van der Waals surface area contributed by atoms with Crippen LogP contribution in [0, 0.1) is 11.8 Å². The van der Waals surface area contributed by atoms with E-state index in [1.807, 2.05) is 33.8 Å². The van der Waals surface area contributed by atoms with Gasteiger partial charge in [0.05, 0.1) is 5.76 Å². The highest BCUT2D eigenvalue weighted by molar-refractivity contribution is 5.40. The number of hydrogen-bond donors (Lipinski definition) is 1. The van der Waals surface area contributed by atoms with Crippen molar-refractivity contribution in [3.63, 3.8) is 0 Å². The van der Waals surface area contributed by atoms with Gasteiger partial charge in [0.1, 0.15) is 11.9 Å². The van der Waals surface area contributed by atoms with Crippen LogP contribution in [0.15, 0.2) is 47.5 Å². The van der Waals surface area contributed by atoms with Crippen LogP contribution in [0.1, 0.15) is 48.5 Å². The molecule has 1 aliphatic heterocycles. The standard InChI is InChI=1S/C16H24O2.C2H6/c1-10(2)12(4)7-11(3)8-15-14(6)18-13(5)9-16(15)17;1-2/h7-10,12,16-17H,6H2,1-5H3;1-2H3/b11-7-,15-8+;. The first-order valence-electron chi connectivity index (χ1n) is 7.45. The van der Waals surface area contributed by atoms with Gasteiger partial charge in [-0.05, 0) is 37.8 Å². The zero-order chi connectivity index (χ0) is 15.9. The maximum atomic E-state index is 9.99. The van der Waals surface area contributed by atoms with Crippen LogP contribution in [-0.4, -0.2) is 11.2 Å². The molecule has 1 N–H and O–H groups in total. The Hall–Kier alpha value is -1.28. The van der Waals surface area contributed by atoms with Gasteiger partial charge in [0.2, 0.25) is 0 Å². The van der Waals surface area contributed by atoms with Crippen molar-refractivity contribution in [2.24, 2.45) is 11.8 Å². The molecule has 0 spiro atoms. The number of aliphatic hydroxyl groups excluding tert-OH is 1. The minimum atomic E-state index is -0.621. The third-order valence-corrected chi connectivity index (χ3v) is 3.28. The minimum absolute atomic E-state index is 0.508. The van der Waals surface area contributed by atoms with Crippen molar-refractivity contribution in [1.82, 2.24) is 0 Å². The molecule has 0 aliphatic carbocycles. The predicted octanol–water partition coefficient (Wildman–Crippen LogP) is 4.99. The molecule has 2 nitrogen and oxygen atoms in total. The normalized spacial score (nSPS) is 22.9. The molecule has 0 fully saturated rings. The van der Waals surface area contributed by atoms with Crippen molar-refractivity contribution in [1.29, 1.82) is 0 Å². The zero-order valence-electron chi connectivity index (χ0n) is 14.0. The van der Waals surface area contributed by atoms with Gasteiger partial charge in [-0.25, -0.2) is 0 Å². The summed E-state index contributed by atoms with van der Waals surface area (Å²) in [6.45, 7) is 18.3. The van der Waals surface area contributed by atoms with E-state index in [4.69, 9.17) is 4.74 Å². The zero-order valence-corrected chi connectivity index (χ0v) is 14.0. The molecule has 2 heteroatoms. The largest absolute Gasteiger partial charge is 0.462 e. The first-order chi connectivity index (χ1) is 9.31. The fourth-order valence-electron chi connectivity index (χ4n) is 1.83. The molecular formula is C18H30O2. The van der Waals surface area contributed by atoms with Gasteiger partial charge in [-0.15, -0.1) is 0 Å². The Balaban J connectivity index is 0.00000172. The third kappa shape index (κ3) is 5.79. The van der Waals surface area contributed by atoms with Crippen molar-refractivity contribution in [3.8, 4) is 0 Å². The second-order valence-corrected chi connectivity index (χ2v) is 5.36. The Morgan fingerprint density at radius 1 is 1.35 bits per heavy atom. The fourth-order valence-corrected chi connectivity index (χ4v) is 1.83. The molecule has 0 saturated heterocycles. The molecule has 1 rings (SSSR count). The first-order valence-corrected chi connectivity index (χ1v) is 7.45. The van der Waals surface area contributed by atoms with Crippen molar-refractivity contribution >= 4 is 0 Å². The minimum Gasteiger partial charge on any atom is -0.462 e. The highest BCUT2D eigenvalue weighted by Gasteiger charge is 2.19. The molecule has 0 saturated carbocycles. The van der Waals surface area contributed by atoms with Crippen molar-refractivity contribution in [2.75, 3.05) is 0 Å². The van der Waals surface area contributed by atoms with Crippen molar-refractivity contribution < 1.29 is 9.84 Å². The van der Waals surface area contributed by atoms with E-state index in [1.165, 1.54) is 0 Å². The lowest BCUT2D eigenvalue weighted by Gasteiger charge is -2.22. The molecule has 0 amide bonds. The monoisotopic (exact) mass is 278 g/mol. The van der Waals surface area contributed by atoms with E-state index in [-0.39, 0.29) is 0 Å². The lowest BCUT2D eigenvalue weighted by molar-refractivity contribution is 0.208. The number of hydrogen-bond acceptors (Lipinski definition) is 2. The van der Waals surface area contributed by atoms with E-state index in [2.05, 4.69) is 33.4 Å². The molecule has 114 valence electrons. The van der Waals surface area contributed by atoms with Gasteiger partial charge >= 0.3 is 0 Å². The molecule has 2 atom stereocenters. The maximum Gasteiger partial charge on any atom is 0.125 e. The molecule has 20 heavy (non-hydrogen) atoms. The van der Waals surface area contributed by atoms with E-state index in [0.717, 1.165) is 11.1 Å². The summed E-state index contributed by atoms with van der Waals surface area (Å²) in [5.74, 6) is 2.35. The molecule has 0 aromatic heterocycles. The van der Waals surface area contributed by atoms with Crippen molar-refractivity contribution in [2.45, 2.75) is 54.6 Å². The van der Waals surface area contributed by atoms with Crippen LogP contribution in [0.4, 0.5) is 0 Å². The molecule has 1 heterocycles. The van der Waals surface area contributed by atoms with E-state index in [9.17, 15) is 5.11 Å². The van der Waals surface area contributed by atoms with E-state index in [0.29, 0.717) is 23.4 Å². The topological polar surface area (TPSA) is 29.5 Å². The van der Waals surface area contributed by atoms with Gasteiger partial charge < -0.3 is 9.84 Å². The van der Waals surface area contributed by atoms with E-state index < -0.39 is 6.10 Å². The molecule has 0 aromatic carbocycles. The summed E-state index contributed by atoms with van der Waals surface area (Å²) in [5.41, 5.74) is 1.87. The lowest BCUT2D eigenvalue weighted by atomic mass is 9.94. The Bertz CT molecular complexity index is 411. The summed E-state index contributed by atoms with van der Waals surface area (Å²) in [6.07, 6.45) is 5.24. The lowest BCUT2D eigenvalue weighted by Crippen LogP contribution is -2.16. The molecule has 1 aliphatic rings. The third-order valence-electron chi connectivity index (χ3n) is 3.28. The summed E-state index contributed by atoms with van der Waals surface area (Å²) in [7, 11) is 0. The van der Waals surface area contributed by atoms with Crippen LogP contribution >= 0.6 is 0 Å². The second kappa shape index (κ2) is 8.80. The summed E-state index contributed by atoms with van der Waals surface area (Å²) >= 11 is 0. The number of allylic oxidation sites excluding steroid dienone is 4. The maximum absolute atomic E-state index is 9.99. The quantitative estimate of drug-likeness (QED) is 0.788. The SMILES string of the molecule is C=C1OC(C)=CC(O)/C1=C/C(C)=C\C(C)C(C)C.CC. The molecule has 0 aromatic rings. The second-order valence-electron chi connectivity index (χ2n) is 5.36. The van der Waals surface area contributed by atoms with Gasteiger partial charge in [0.15, 0.2) is 0 Å². The molecule has 0 bridgehead atoms. The van der Waals surface area contributed by atoms with Gasteiger partial charge in [0.25, 0.3) is 0 Å². The average molecular weight is 278 g/mol. The Labute approximate surface area is 124 Å². The molecule has 2 unspecified atom stereocenters. The first kappa shape index (κ1) is 18.7. The predicted molar refractivity (Wildman–Crippen MR) is 87.2 cm³/mol. The van der Waals surface area contributed by atoms with Crippen LogP contribution in [0.2, 0.25) is 0 Å². The van der Waals surface area contributed by atoms with Crippen LogP contribution < -0.4 is 0 Å². The summed E-state index contributed by atoms with van der Waals surface area (Å²) in [5, 5.41) is 9.99. The average Bonchev–Trinajstić information content (AvgIpc) is 2.36. The Morgan fingerprint density at radius 3 is 2.35 bits per heavy atom. The summed E-state index contributed by atoms with van der Waals surface area (Å²) in [4.78, 5) is 0. The Morgan fingerprint density at radius 2 is 1.90 bits per heavy atom. The highest BCUT2D eigenvalue weighted by Crippen LogP contribution is 2.26. The van der Waals surface area contributed by atoms with Gasteiger partial charge in [-0.2, -0.15) is 0 Å². The van der Waals surface area contributed by atoms with E-state index >= 15 is 0 Å². The summed E-state index contributed by atoms with van der Waals surface area (Å²) < 4.78 is 5.43. The van der Waals surface area contributed by atoms with Gasteiger partial charge in [-0.1, -0.05) is 52.8 Å². The number of aliphatic hydroxyl groups is 1. The Kier molecular flexibility index (Phi) is 8.24. The van der Waals surface area contributed by atoms with Gasteiger partial charge in [0, 0.05) is 5.57 Å².